The summed E-state index contributed by atoms with van der Waals surface area (Å²) in [6.45, 7) is 2.07. The number of aryl methyl sites for hydroxylation is 1. The SMILES string of the molecule is Cn1cc(-c2cc3c(-c4cccc(N5C[C@@H]6C[C@H]5CN6)n4)n[nH]c3cn2)cn1. The van der Waals surface area contributed by atoms with Crippen molar-refractivity contribution >= 4 is 16.7 Å². The van der Waals surface area contributed by atoms with Gasteiger partial charge in [0.15, 0.2) is 0 Å². The average Bonchev–Trinajstić information content (AvgIpc) is 3.51. The molecule has 6 heterocycles. The molecule has 0 spiro atoms. The van der Waals surface area contributed by atoms with E-state index in [-0.39, 0.29) is 0 Å². The Balaban J connectivity index is 1.42. The number of nitrogens with zero attached hydrogens (tertiary/aromatic N) is 6. The second-order valence-electron chi connectivity index (χ2n) is 7.62. The van der Waals surface area contributed by atoms with E-state index in [9.17, 15) is 0 Å². The molecule has 140 valence electrons. The average molecular weight is 372 g/mol. The predicted octanol–water partition coefficient (Wildman–Crippen LogP) is 1.97. The molecule has 2 aliphatic rings. The van der Waals surface area contributed by atoms with Crippen LogP contribution in [0.25, 0.3) is 33.5 Å². The lowest BCUT2D eigenvalue weighted by Crippen LogP contribution is -2.44. The molecule has 2 atom stereocenters. The Labute approximate surface area is 161 Å². The van der Waals surface area contributed by atoms with E-state index in [1.54, 1.807) is 4.68 Å². The number of anilines is 1. The van der Waals surface area contributed by atoms with Gasteiger partial charge in [-0.05, 0) is 24.6 Å². The van der Waals surface area contributed by atoms with Crippen LogP contribution >= 0.6 is 0 Å². The van der Waals surface area contributed by atoms with Crippen molar-refractivity contribution in [3.8, 4) is 22.6 Å². The molecule has 28 heavy (non-hydrogen) atoms. The third kappa shape index (κ3) is 2.41. The van der Waals surface area contributed by atoms with Gasteiger partial charge in [-0.3, -0.25) is 14.8 Å². The van der Waals surface area contributed by atoms with Crippen molar-refractivity contribution in [1.82, 2.24) is 35.3 Å². The van der Waals surface area contributed by atoms with E-state index >= 15 is 0 Å². The van der Waals surface area contributed by atoms with Crippen LogP contribution in [-0.4, -0.2) is 55.1 Å². The molecule has 4 aromatic heterocycles. The molecule has 2 saturated heterocycles. The number of aromatic amines is 1. The number of aromatic nitrogens is 6. The standard InChI is InChI=1S/C20H20N8/c1-27-10-12(7-23-27)17-6-15-18(9-22-17)25-26-20(15)16-3-2-4-19(24-16)28-11-13-5-14(28)8-21-13/h2-4,6-7,9-10,13-14,21H,5,8,11H2,1H3,(H,25,26)/t13-,14-/m0/s1. The van der Waals surface area contributed by atoms with E-state index in [1.807, 2.05) is 31.7 Å². The molecule has 6 rings (SSSR count). The second kappa shape index (κ2) is 5.87. The molecule has 2 N–H and O–H groups in total. The summed E-state index contributed by atoms with van der Waals surface area (Å²) in [4.78, 5) is 11.9. The summed E-state index contributed by atoms with van der Waals surface area (Å²) < 4.78 is 1.78. The molecule has 2 aliphatic heterocycles. The Hall–Kier alpha value is -3.26. The van der Waals surface area contributed by atoms with E-state index in [1.165, 1.54) is 6.42 Å². The molecule has 0 aliphatic carbocycles. The van der Waals surface area contributed by atoms with E-state index in [0.29, 0.717) is 12.1 Å². The Morgan fingerprint density at radius 1 is 1.18 bits per heavy atom. The van der Waals surface area contributed by atoms with Crippen molar-refractivity contribution in [2.24, 2.45) is 7.05 Å². The molecule has 0 aromatic carbocycles. The maximum atomic E-state index is 4.95. The van der Waals surface area contributed by atoms with E-state index < -0.39 is 0 Å². The first-order valence-electron chi connectivity index (χ1n) is 9.55. The number of H-pyrrole nitrogens is 1. The van der Waals surface area contributed by atoms with Gasteiger partial charge in [0, 0.05) is 49.4 Å². The van der Waals surface area contributed by atoms with Crippen molar-refractivity contribution in [2.75, 3.05) is 18.0 Å². The minimum absolute atomic E-state index is 0.546. The molecular formula is C20H20N8. The third-order valence-electron chi connectivity index (χ3n) is 5.78. The zero-order chi connectivity index (χ0) is 18.7. The van der Waals surface area contributed by atoms with Crippen LogP contribution in [0.5, 0.6) is 0 Å². The van der Waals surface area contributed by atoms with E-state index in [4.69, 9.17) is 4.98 Å². The quantitative estimate of drug-likeness (QED) is 0.572. The van der Waals surface area contributed by atoms with Gasteiger partial charge in [-0.25, -0.2) is 4.98 Å². The van der Waals surface area contributed by atoms with E-state index in [2.05, 4.69) is 48.7 Å². The Morgan fingerprint density at radius 3 is 2.93 bits per heavy atom. The zero-order valence-corrected chi connectivity index (χ0v) is 15.5. The lowest BCUT2D eigenvalue weighted by atomic mass is 10.1. The lowest BCUT2D eigenvalue weighted by molar-refractivity contribution is 0.576. The van der Waals surface area contributed by atoms with Crippen LogP contribution in [0.15, 0.2) is 42.9 Å². The topological polar surface area (TPSA) is 87.5 Å². The summed E-state index contributed by atoms with van der Waals surface area (Å²) >= 11 is 0. The van der Waals surface area contributed by atoms with Gasteiger partial charge in [-0.2, -0.15) is 10.2 Å². The van der Waals surface area contributed by atoms with Gasteiger partial charge in [0.2, 0.25) is 0 Å². The number of hydrogen-bond acceptors (Lipinski definition) is 6. The summed E-state index contributed by atoms with van der Waals surface area (Å²) in [5, 5.41) is 16.4. The van der Waals surface area contributed by atoms with Gasteiger partial charge >= 0.3 is 0 Å². The van der Waals surface area contributed by atoms with Crippen molar-refractivity contribution in [1.29, 1.82) is 0 Å². The van der Waals surface area contributed by atoms with E-state index in [0.717, 1.165) is 52.5 Å². The van der Waals surface area contributed by atoms with Gasteiger partial charge in [0.25, 0.3) is 0 Å². The van der Waals surface area contributed by atoms with Gasteiger partial charge < -0.3 is 10.2 Å². The summed E-state index contributed by atoms with van der Waals surface area (Å²) in [6, 6.07) is 9.39. The molecular weight excluding hydrogens is 352 g/mol. The van der Waals surface area contributed by atoms with Crippen molar-refractivity contribution < 1.29 is 0 Å². The molecule has 4 aromatic rings. The van der Waals surface area contributed by atoms with Gasteiger partial charge in [0.1, 0.15) is 11.5 Å². The van der Waals surface area contributed by atoms with Gasteiger partial charge in [0.05, 0.1) is 29.3 Å². The van der Waals surface area contributed by atoms with Crippen LogP contribution < -0.4 is 10.2 Å². The number of fused-ring (bicyclic) bond motifs is 3. The number of hydrogen-bond donors (Lipinski definition) is 2. The smallest absolute Gasteiger partial charge is 0.129 e. The van der Waals surface area contributed by atoms with Gasteiger partial charge in [-0.15, -0.1) is 0 Å². The number of pyridine rings is 2. The number of piperazine rings is 1. The minimum Gasteiger partial charge on any atom is -0.351 e. The molecule has 8 heteroatoms. The van der Waals surface area contributed by atoms with Crippen molar-refractivity contribution in [3.63, 3.8) is 0 Å². The normalized spacial score (nSPS) is 21.1. The molecule has 0 saturated carbocycles. The Bertz CT molecular complexity index is 1180. The first kappa shape index (κ1) is 15.8. The fourth-order valence-corrected chi connectivity index (χ4v) is 4.38. The Morgan fingerprint density at radius 2 is 2.14 bits per heavy atom. The number of nitrogens with one attached hydrogen (secondary N) is 2. The largest absolute Gasteiger partial charge is 0.351 e. The number of rotatable bonds is 3. The highest BCUT2D eigenvalue weighted by atomic mass is 15.3. The van der Waals surface area contributed by atoms with Crippen LogP contribution in [0.1, 0.15) is 6.42 Å². The first-order chi connectivity index (χ1) is 13.7. The summed E-state index contributed by atoms with van der Waals surface area (Å²) in [7, 11) is 1.90. The fourth-order valence-electron chi connectivity index (χ4n) is 4.38. The maximum absolute atomic E-state index is 4.95. The summed E-state index contributed by atoms with van der Waals surface area (Å²) in [5.41, 5.74) is 4.50. The third-order valence-corrected chi connectivity index (χ3v) is 5.78. The monoisotopic (exact) mass is 372 g/mol. The van der Waals surface area contributed by atoms with Crippen LogP contribution in [0.2, 0.25) is 0 Å². The molecule has 0 unspecified atom stereocenters. The highest BCUT2D eigenvalue weighted by molar-refractivity contribution is 5.93. The second-order valence-corrected chi connectivity index (χ2v) is 7.62. The maximum Gasteiger partial charge on any atom is 0.129 e. The Kier molecular flexibility index (Phi) is 3.30. The summed E-state index contributed by atoms with van der Waals surface area (Å²) in [5.74, 6) is 1.03. The summed E-state index contributed by atoms with van der Waals surface area (Å²) in [6.07, 6.45) is 6.81. The van der Waals surface area contributed by atoms with Crippen LogP contribution in [0.3, 0.4) is 0 Å². The van der Waals surface area contributed by atoms with Crippen molar-refractivity contribution in [2.45, 2.75) is 18.5 Å². The molecule has 2 bridgehead atoms. The highest BCUT2D eigenvalue weighted by Gasteiger charge is 2.38. The van der Waals surface area contributed by atoms with Crippen LogP contribution in [-0.2, 0) is 7.05 Å². The highest BCUT2D eigenvalue weighted by Crippen LogP contribution is 2.32. The molecule has 2 fully saturated rings. The van der Waals surface area contributed by atoms with Crippen molar-refractivity contribution in [3.05, 3.63) is 42.9 Å². The fraction of sp³-hybridized carbons (Fsp3) is 0.300. The van der Waals surface area contributed by atoms with Crippen LogP contribution in [0.4, 0.5) is 5.82 Å². The first-order valence-corrected chi connectivity index (χ1v) is 9.55. The van der Waals surface area contributed by atoms with Crippen LogP contribution in [0, 0.1) is 0 Å². The molecule has 8 nitrogen and oxygen atoms in total. The molecule has 0 amide bonds. The lowest BCUT2D eigenvalue weighted by Gasteiger charge is -2.28. The zero-order valence-electron chi connectivity index (χ0n) is 15.5. The predicted molar refractivity (Wildman–Crippen MR) is 107 cm³/mol. The minimum atomic E-state index is 0.546. The molecule has 0 radical (unpaired) electrons. The van der Waals surface area contributed by atoms with Gasteiger partial charge in [-0.1, -0.05) is 6.07 Å².